The Morgan fingerprint density at radius 3 is 3.18 bits per heavy atom. The highest BCUT2D eigenvalue weighted by Crippen LogP contribution is 2.30. The third-order valence-electron chi connectivity index (χ3n) is 3.92. The van der Waals surface area contributed by atoms with E-state index in [0.717, 1.165) is 11.4 Å². The zero-order valence-electron chi connectivity index (χ0n) is 10.2. The monoisotopic (exact) mass is 233 g/mol. The molecule has 17 heavy (non-hydrogen) atoms. The van der Waals surface area contributed by atoms with Crippen LogP contribution in [0, 0.1) is 6.92 Å². The molecule has 3 heterocycles. The summed E-state index contributed by atoms with van der Waals surface area (Å²) < 4.78 is 0. The van der Waals surface area contributed by atoms with E-state index >= 15 is 0 Å². The number of aromatic nitrogens is 2. The lowest BCUT2D eigenvalue weighted by atomic mass is 10.1. The minimum Gasteiger partial charge on any atom is -0.368 e. The maximum Gasteiger partial charge on any atom is 0.221 e. The number of rotatable bonds is 2. The van der Waals surface area contributed by atoms with Crippen molar-refractivity contribution in [3.05, 3.63) is 11.8 Å². The van der Waals surface area contributed by atoms with Crippen LogP contribution in [-0.4, -0.2) is 40.0 Å². The van der Waals surface area contributed by atoms with E-state index in [-0.39, 0.29) is 0 Å². The first-order valence-corrected chi connectivity index (χ1v) is 6.34. The van der Waals surface area contributed by atoms with E-state index in [2.05, 4.69) is 20.2 Å². The number of aryl methyl sites for hydroxylation is 1. The largest absolute Gasteiger partial charge is 0.368 e. The molecule has 2 aliphatic heterocycles. The molecule has 2 fully saturated rings. The second-order valence-electron chi connectivity index (χ2n) is 5.04. The number of anilines is 2. The number of hydrogen-bond acceptors (Lipinski definition) is 5. The van der Waals surface area contributed by atoms with Crippen molar-refractivity contribution in [2.24, 2.45) is 0 Å². The van der Waals surface area contributed by atoms with E-state index in [1.54, 1.807) is 6.20 Å². The van der Waals surface area contributed by atoms with Gasteiger partial charge in [-0.25, -0.2) is 4.98 Å². The van der Waals surface area contributed by atoms with Crippen molar-refractivity contribution in [1.29, 1.82) is 0 Å². The second-order valence-corrected chi connectivity index (χ2v) is 5.04. The quantitative estimate of drug-likeness (QED) is 0.798. The summed E-state index contributed by atoms with van der Waals surface area (Å²) >= 11 is 0. The van der Waals surface area contributed by atoms with Gasteiger partial charge in [0.25, 0.3) is 0 Å². The van der Waals surface area contributed by atoms with Gasteiger partial charge in [-0.2, -0.15) is 4.98 Å². The lowest BCUT2D eigenvalue weighted by Gasteiger charge is -2.22. The first-order valence-electron chi connectivity index (χ1n) is 6.34. The average molecular weight is 233 g/mol. The molecule has 1 aromatic rings. The van der Waals surface area contributed by atoms with Gasteiger partial charge in [0.1, 0.15) is 5.82 Å². The van der Waals surface area contributed by atoms with Gasteiger partial charge >= 0.3 is 0 Å². The molecule has 3 N–H and O–H groups in total. The summed E-state index contributed by atoms with van der Waals surface area (Å²) in [7, 11) is 0. The summed E-state index contributed by atoms with van der Waals surface area (Å²) in [4.78, 5) is 10.9. The second kappa shape index (κ2) is 4.14. The molecular weight excluding hydrogens is 214 g/mol. The Morgan fingerprint density at radius 2 is 2.29 bits per heavy atom. The Hall–Kier alpha value is -1.36. The predicted molar refractivity (Wildman–Crippen MR) is 67.8 cm³/mol. The predicted octanol–water partition coefficient (Wildman–Crippen LogP) is 1.02. The van der Waals surface area contributed by atoms with Gasteiger partial charge in [-0.15, -0.1) is 0 Å². The van der Waals surface area contributed by atoms with Gasteiger partial charge in [-0.1, -0.05) is 0 Å². The topological polar surface area (TPSA) is 67.1 Å². The maximum absolute atomic E-state index is 5.64. The fourth-order valence-corrected chi connectivity index (χ4v) is 3.03. The van der Waals surface area contributed by atoms with Crippen molar-refractivity contribution in [3.8, 4) is 0 Å². The summed E-state index contributed by atoms with van der Waals surface area (Å²) in [5, 5.41) is 3.55. The Balaban J connectivity index is 1.76. The minimum atomic E-state index is 0.347. The van der Waals surface area contributed by atoms with Crippen LogP contribution in [0.3, 0.4) is 0 Å². The van der Waals surface area contributed by atoms with Gasteiger partial charge in [-0.3, -0.25) is 4.90 Å². The Labute approximate surface area is 101 Å². The highest BCUT2D eigenvalue weighted by molar-refractivity contribution is 5.46. The Morgan fingerprint density at radius 1 is 1.41 bits per heavy atom. The van der Waals surface area contributed by atoms with E-state index in [9.17, 15) is 0 Å². The summed E-state index contributed by atoms with van der Waals surface area (Å²) in [6.07, 6.45) is 5.62. The number of nitrogen functional groups attached to an aromatic ring is 1. The van der Waals surface area contributed by atoms with Gasteiger partial charge in [0.2, 0.25) is 5.95 Å². The van der Waals surface area contributed by atoms with Crippen LogP contribution in [0.2, 0.25) is 0 Å². The van der Waals surface area contributed by atoms with E-state index < -0.39 is 0 Å². The zero-order valence-corrected chi connectivity index (χ0v) is 10.2. The average Bonchev–Trinajstić information content (AvgIpc) is 2.88. The Kier molecular flexibility index (Phi) is 2.63. The van der Waals surface area contributed by atoms with E-state index in [4.69, 9.17) is 5.73 Å². The first-order chi connectivity index (χ1) is 8.24. The van der Waals surface area contributed by atoms with Crippen molar-refractivity contribution >= 4 is 11.8 Å². The van der Waals surface area contributed by atoms with Crippen molar-refractivity contribution < 1.29 is 0 Å². The van der Waals surface area contributed by atoms with Crippen LogP contribution >= 0.6 is 0 Å². The van der Waals surface area contributed by atoms with Crippen molar-refractivity contribution in [1.82, 2.24) is 14.9 Å². The highest BCUT2D eigenvalue weighted by atomic mass is 15.2. The van der Waals surface area contributed by atoms with E-state index in [1.807, 2.05) is 6.92 Å². The number of hydrogen-bond donors (Lipinski definition) is 2. The summed E-state index contributed by atoms with van der Waals surface area (Å²) in [5.74, 6) is 1.25. The van der Waals surface area contributed by atoms with Crippen molar-refractivity contribution in [3.63, 3.8) is 0 Å². The molecule has 1 aromatic heterocycles. The minimum absolute atomic E-state index is 0.347. The van der Waals surface area contributed by atoms with Crippen LogP contribution in [0.25, 0.3) is 0 Å². The maximum atomic E-state index is 5.64. The molecule has 92 valence electrons. The molecule has 0 aromatic carbocycles. The summed E-state index contributed by atoms with van der Waals surface area (Å²) in [6, 6.07) is 1.20. The lowest BCUT2D eigenvalue weighted by Crippen LogP contribution is -2.34. The molecule has 2 aliphatic rings. The molecule has 0 amide bonds. The SMILES string of the molecule is Cc1cnc(N)nc1NC1CCN2CCCC12. The third kappa shape index (κ3) is 1.95. The molecule has 0 saturated carbocycles. The molecule has 2 unspecified atom stereocenters. The van der Waals surface area contributed by atoms with Gasteiger partial charge in [-0.05, 0) is 32.7 Å². The molecule has 5 heteroatoms. The fourth-order valence-electron chi connectivity index (χ4n) is 3.03. The summed E-state index contributed by atoms with van der Waals surface area (Å²) in [6.45, 7) is 4.48. The molecule has 5 nitrogen and oxygen atoms in total. The highest BCUT2D eigenvalue weighted by Gasteiger charge is 2.37. The number of nitrogens with one attached hydrogen (secondary N) is 1. The van der Waals surface area contributed by atoms with Crippen LogP contribution in [0.15, 0.2) is 6.20 Å². The van der Waals surface area contributed by atoms with Crippen molar-refractivity contribution in [2.45, 2.75) is 38.3 Å². The van der Waals surface area contributed by atoms with Crippen LogP contribution in [0.1, 0.15) is 24.8 Å². The Bertz CT molecular complexity index is 419. The molecular formula is C12H19N5. The molecule has 0 aliphatic carbocycles. The standard InChI is InChI=1S/C12H19N5/c1-8-7-14-12(13)16-11(8)15-9-4-6-17-5-2-3-10(9)17/h7,9-10H,2-6H2,1H3,(H3,13,14,15,16). The fraction of sp³-hybridized carbons (Fsp3) is 0.667. The van der Waals surface area contributed by atoms with Crippen LogP contribution in [0.4, 0.5) is 11.8 Å². The number of nitrogens with two attached hydrogens (primary N) is 1. The third-order valence-corrected chi connectivity index (χ3v) is 3.92. The van der Waals surface area contributed by atoms with Crippen LogP contribution < -0.4 is 11.1 Å². The lowest BCUT2D eigenvalue weighted by molar-refractivity contribution is 0.318. The van der Waals surface area contributed by atoms with Gasteiger partial charge < -0.3 is 11.1 Å². The van der Waals surface area contributed by atoms with E-state index in [1.165, 1.54) is 32.4 Å². The molecule has 0 radical (unpaired) electrons. The zero-order chi connectivity index (χ0) is 11.8. The van der Waals surface area contributed by atoms with E-state index in [0.29, 0.717) is 18.0 Å². The van der Waals surface area contributed by atoms with Gasteiger partial charge in [0.15, 0.2) is 0 Å². The number of nitrogens with zero attached hydrogens (tertiary/aromatic N) is 3. The summed E-state index contributed by atoms with van der Waals surface area (Å²) in [5.41, 5.74) is 6.70. The molecule has 2 saturated heterocycles. The molecule has 3 rings (SSSR count). The number of fused-ring (bicyclic) bond motifs is 1. The molecule has 0 spiro atoms. The smallest absolute Gasteiger partial charge is 0.221 e. The first kappa shape index (κ1) is 10.8. The van der Waals surface area contributed by atoms with Crippen molar-refractivity contribution in [2.75, 3.05) is 24.1 Å². The van der Waals surface area contributed by atoms with Gasteiger partial charge in [0.05, 0.1) is 0 Å². The van der Waals surface area contributed by atoms with Crippen LogP contribution in [-0.2, 0) is 0 Å². The van der Waals surface area contributed by atoms with Gasteiger partial charge in [0, 0.05) is 30.4 Å². The normalized spacial score (nSPS) is 28.3. The van der Waals surface area contributed by atoms with Crippen LogP contribution in [0.5, 0.6) is 0 Å². The molecule has 2 atom stereocenters. The molecule has 0 bridgehead atoms.